The van der Waals surface area contributed by atoms with E-state index in [2.05, 4.69) is 29.0 Å². The van der Waals surface area contributed by atoms with E-state index in [1.807, 2.05) is 19.0 Å². The molecular formula is C21H35FN4O2. The van der Waals surface area contributed by atoms with Crippen molar-refractivity contribution in [2.75, 3.05) is 66.6 Å². The molecule has 1 fully saturated rings. The molecule has 1 aromatic rings. The van der Waals surface area contributed by atoms with E-state index in [0.717, 1.165) is 31.7 Å². The average molecular weight is 395 g/mol. The van der Waals surface area contributed by atoms with E-state index in [1.54, 1.807) is 12.1 Å². The number of morpholine rings is 1. The molecule has 0 saturated carbocycles. The number of ether oxygens (including phenoxy) is 1. The summed E-state index contributed by atoms with van der Waals surface area (Å²) in [5, 5.41) is 3.11. The predicted molar refractivity (Wildman–Crippen MR) is 110 cm³/mol. The highest BCUT2D eigenvalue weighted by molar-refractivity contribution is 5.74. The van der Waals surface area contributed by atoms with Gasteiger partial charge in [0.05, 0.1) is 19.3 Å². The Kier molecular flexibility index (Phi) is 9.15. The normalized spacial score (nSPS) is 16.4. The third kappa shape index (κ3) is 7.37. The number of halogens is 1. The number of benzene rings is 1. The monoisotopic (exact) mass is 394 g/mol. The van der Waals surface area contributed by atoms with Gasteiger partial charge in [-0.1, -0.05) is 26.0 Å². The molecule has 1 aliphatic rings. The first kappa shape index (κ1) is 22.6. The van der Waals surface area contributed by atoms with Crippen LogP contribution in [-0.2, 0) is 4.74 Å². The Labute approximate surface area is 168 Å². The van der Waals surface area contributed by atoms with Gasteiger partial charge >= 0.3 is 6.03 Å². The number of nitrogens with one attached hydrogen (secondary N) is 1. The Morgan fingerprint density at radius 2 is 1.82 bits per heavy atom. The zero-order valence-electron chi connectivity index (χ0n) is 17.7. The molecule has 1 atom stereocenters. The van der Waals surface area contributed by atoms with Crippen LogP contribution in [0, 0.1) is 11.7 Å². The van der Waals surface area contributed by atoms with Gasteiger partial charge < -0.3 is 19.9 Å². The first-order valence-corrected chi connectivity index (χ1v) is 10.1. The summed E-state index contributed by atoms with van der Waals surface area (Å²) in [5.74, 6) is 0.153. The Morgan fingerprint density at radius 1 is 1.18 bits per heavy atom. The highest BCUT2D eigenvalue weighted by Crippen LogP contribution is 2.21. The van der Waals surface area contributed by atoms with Gasteiger partial charge in [0.1, 0.15) is 5.82 Å². The standard InChI is InChI=1S/C21H35FN4O2/c1-17(2)16-26(10-9-24(3)4)21(27)23-15-20(25-11-13-28-14-12-25)18-5-7-19(22)8-6-18/h5-8,17,20H,9-16H2,1-4H3,(H,23,27). The summed E-state index contributed by atoms with van der Waals surface area (Å²) in [6, 6.07) is 6.53. The molecule has 1 aliphatic heterocycles. The van der Waals surface area contributed by atoms with Crippen LogP contribution in [0.25, 0.3) is 0 Å². The summed E-state index contributed by atoms with van der Waals surface area (Å²) in [5.41, 5.74) is 1.01. The lowest BCUT2D eigenvalue weighted by atomic mass is 10.0. The van der Waals surface area contributed by atoms with Crippen molar-refractivity contribution in [1.29, 1.82) is 0 Å². The van der Waals surface area contributed by atoms with Crippen LogP contribution in [-0.4, -0.2) is 87.3 Å². The summed E-state index contributed by atoms with van der Waals surface area (Å²) in [6.07, 6.45) is 0. The fourth-order valence-electron chi connectivity index (χ4n) is 3.36. The third-order valence-electron chi connectivity index (χ3n) is 4.88. The van der Waals surface area contributed by atoms with Crippen molar-refractivity contribution in [2.24, 2.45) is 5.92 Å². The van der Waals surface area contributed by atoms with Gasteiger partial charge in [0.25, 0.3) is 0 Å². The maximum Gasteiger partial charge on any atom is 0.317 e. The van der Waals surface area contributed by atoms with Gasteiger partial charge in [-0.15, -0.1) is 0 Å². The van der Waals surface area contributed by atoms with Crippen LogP contribution in [0.1, 0.15) is 25.5 Å². The molecule has 1 saturated heterocycles. The number of hydrogen-bond acceptors (Lipinski definition) is 4. The summed E-state index contributed by atoms with van der Waals surface area (Å²) in [4.78, 5) is 19.1. The van der Waals surface area contributed by atoms with Gasteiger partial charge in [-0.3, -0.25) is 4.90 Å². The van der Waals surface area contributed by atoms with E-state index in [4.69, 9.17) is 4.74 Å². The lowest BCUT2D eigenvalue weighted by molar-refractivity contribution is 0.0164. The van der Waals surface area contributed by atoms with E-state index < -0.39 is 0 Å². The van der Waals surface area contributed by atoms with E-state index >= 15 is 0 Å². The average Bonchev–Trinajstić information content (AvgIpc) is 2.67. The van der Waals surface area contributed by atoms with E-state index in [9.17, 15) is 9.18 Å². The molecular weight excluding hydrogens is 359 g/mol. The highest BCUT2D eigenvalue weighted by Gasteiger charge is 2.24. The number of nitrogens with zero attached hydrogens (tertiary/aromatic N) is 3. The van der Waals surface area contributed by atoms with E-state index in [0.29, 0.717) is 32.2 Å². The summed E-state index contributed by atoms with van der Waals surface area (Å²) < 4.78 is 18.8. The van der Waals surface area contributed by atoms with Gasteiger partial charge in [0.2, 0.25) is 0 Å². The van der Waals surface area contributed by atoms with E-state index in [1.165, 1.54) is 12.1 Å². The van der Waals surface area contributed by atoms with Crippen LogP contribution in [0.5, 0.6) is 0 Å². The second kappa shape index (κ2) is 11.3. The number of carbonyl (C=O) groups excluding carboxylic acids is 1. The van der Waals surface area contributed by atoms with Crippen molar-refractivity contribution in [2.45, 2.75) is 19.9 Å². The number of amides is 2. The zero-order valence-corrected chi connectivity index (χ0v) is 17.7. The molecule has 158 valence electrons. The number of rotatable bonds is 9. The fourth-order valence-corrected chi connectivity index (χ4v) is 3.36. The minimum atomic E-state index is -0.250. The number of hydrogen-bond donors (Lipinski definition) is 1. The van der Waals surface area contributed by atoms with Crippen LogP contribution >= 0.6 is 0 Å². The van der Waals surface area contributed by atoms with Gasteiger partial charge in [0, 0.05) is 39.3 Å². The quantitative estimate of drug-likeness (QED) is 0.699. The van der Waals surface area contributed by atoms with Crippen LogP contribution in [0.2, 0.25) is 0 Å². The van der Waals surface area contributed by atoms with Crippen LogP contribution < -0.4 is 5.32 Å². The Balaban J connectivity index is 2.04. The Bertz CT molecular complexity index is 589. The molecule has 1 heterocycles. The molecule has 1 N–H and O–H groups in total. The second-order valence-corrected chi connectivity index (χ2v) is 8.04. The van der Waals surface area contributed by atoms with Gasteiger partial charge in [-0.25, -0.2) is 9.18 Å². The zero-order chi connectivity index (χ0) is 20.5. The molecule has 0 bridgehead atoms. The Morgan fingerprint density at radius 3 is 2.39 bits per heavy atom. The molecule has 0 spiro atoms. The van der Waals surface area contributed by atoms with Crippen molar-refractivity contribution >= 4 is 6.03 Å². The maximum atomic E-state index is 13.4. The molecule has 7 heteroatoms. The third-order valence-corrected chi connectivity index (χ3v) is 4.88. The molecule has 1 aromatic carbocycles. The minimum absolute atomic E-state index is 0.00296. The minimum Gasteiger partial charge on any atom is -0.379 e. The molecule has 0 aromatic heterocycles. The van der Waals surface area contributed by atoms with Gasteiger partial charge in [-0.2, -0.15) is 0 Å². The first-order valence-electron chi connectivity index (χ1n) is 10.1. The smallest absolute Gasteiger partial charge is 0.317 e. The Hall–Kier alpha value is -1.70. The molecule has 1 unspecified atom stereocenters. The van der Waals surface area contributed by atoms with Crippen molar-refractivity contribution in [3.8, 4) is 0 Å². The van der Waals surface area contributed by atoms with Crippen LogP contribution in [0.3, 0.4) is 0 Å². The number of carbonyl (C=O) groups is 1. The van der Waals surface area contributed by atoms with Gasteiger partial charge in [-0.05, 0) is 37.7 Å². The molecule has 28 heavy (non-hydrogen) atoms. The molecule has 2 rings (SSSR count). The highest BCUT2D eigenvalue weighted by atomic mass is 19.1. The lowest BCUT2D eigenvalue weighted by Gasteiger charge is -2.35. The van der Waals surface area contributed by atoms with Crippen LogP contribution in [0.4, 0.5) is 9.18 Å². The summed E-state index contributed by atoms with van der Waals surface area (Å²) >= 11 is 0. The SMILES string of the molecule is CC(C)CN(CCN(C)C)C(=O)NCC(c1ccc(F)cc1)N1CCOCC1. The predicted octanol–water partition coefficient (Wildman–Crippen LogP) is 2.43. The lowest BCUT2D eigenvalue weighted by Crippen LogP contribution is -2.48. The topological polar surface area (TPSA) is 48.0 Å². The number of urea groups is 1. The van der Waals surface area contributed by atoms with Crippen molar-refractivity contribution < 1.29 is 13.9 Å². The summed E-state index contributed by atoms with van der Waals surface area (Å²) in [7, 11) is 4.02. The molecule has 0 aliphatic carbocycles. The fraction of sp³-hybridized carbons (Fsp3) is 0.667. The number of likely N-dealkylation sites (N-methyl/N-ethyl adjacent to an activating group) is 1. The van der Waals surface area contributed by atoms with Crippen LogP contribution in [0.15, 0.2) is 24.3 Å². The molecule has 6 nitrogen and oxygen atoms in total. The molecule has 2 amide bonds. The van der Waals surface area contributed by atoms with Crippen molar-refractivity contribution in [3.05, 3.63) is 35.6 Å². The first-order chi connectivity index (χ1) is 13.4. The van der Waals surface area contributed by atoms with Gasteiger partial charge in [0.15, 0.2) is 0 Å². The summed E-state index contributed by atoms with van der Waals surface area (Å²) in [6.45, 7) is 9.90. The van der Waals surface area contributed by atoms with Crippen molar-refractivity contribution in [1.82, 2.24) is 20.0 Å². The second-order valence-electron chi connectivity index (χ2n) is 8.04. The van der Waals surface area contributed by atoms with E-state index in [-0.39, 0.29) is 17.9 Å². The maximum absolute atomic E-state index is 13.4. The molecule has 0 radical (unpaired) electrons. The largest absolute Gasteiger partial charge is 0.379 e. The van der Waals surface area contributed by atoms with Crippen molar-refractivity contribution in [3.63, 3.8) is 0 Å².